The maximum atomic E-state index is 6.52. The lowest BCUT2D eigenvalue weighted by Crippen LogP contribution is -2.79. The van der Waals surface area contributed by atoms with Crippen molar-refractivity contribution in [2.24, 2.45) is 0 Å². The molecule has 0 fully saturated rings. The van der Waals surface area contributed by atoms with Gasteiger partial charge < -0.3 is 13.3 Å². The molecule has 0 saturated heterocycles. The Morgan fingerprint density at radius 1 is 0.786 bits per heavy atom. The Morgan fingerprint density at radius 2 is 1.25 bits per heavy atom. The van der Waals surface area contributed by atoms with Gasteiger partial charge >= 0.3 is 8.32 Å². The smallest absolute Gasteiger partial charge is 0.376 e. The summed E-state index contributed by atoms with van der Waals surface area (Å²) in [5, 5.41) is 2.65. The molecule has 0 heterocycles. The number of benzene rings is 2. The standard InChI is InChI=1S/C22H32O3Si3/c1-6-23-28(24-7-2,25-8-3)27(19-20(4)5,22-17-13-10-14-18-22)26-21-15-11-9-12-16-21/h9-19H,6-8H2,1-5H3. The molecule has 2 radical (unpaired) electrons. The van der Waals surface area contributed by atoms with Crippen molar-refractivity contribution in [1.82, 2.24) is 0 Å². The Balaban J connectivity index is 2.81. The fourth-order valence-electron chi connectivity index (χ4n) is 3.45. The van der Waals surface area contributed by atoms with Crippen molar-refractivity contribution in [3.05, 3.63) is 71.9 Å². The molecule has 3 nitrogen and oxygen atoms in total. The van der Waals surface area contributed by atoms with Gasteiger partial charge in [0.2, 0.25) is 0 Å². The minimum Gasteiger partial charge on any atom is -0.376 e. The highest BCUT2D eigenvalue weighted by molar-refractivity contribution is 7.65. The SMILES string of the molecule is CCO[Si](OCC)(OCC)[Si](C=C(C)C)([Si]c1ccccc1)c1ccccc1. The van der Waals surface area contributed by atoms with Crippen LogP contribution < -0.4 is 10.4 Å². The van der Waals surface area contributed by atoms with Crippen LogP contribution in [0.3, 0.4) is 0 Å². The van der Waals surface area contributed by atoms with E-state index in [2.05, 4.69) is 80.2 Å². The van der Waals surface area contributed by atoms with E-state index >= 15 is 0 Å². The molecule has 0 aliphatic carbocycles. The average Bonchev–Trinajstić information content (AvgIpc) is 2.69. The second kappa shape index (κ2) is 11.0. The number of rotatable bonds is 11. The predicted octanol–water partition coefficient (Wildman–Crippen LogP) is 3.50. The molecule has 2 aromatic rings. The van der Waals surface area contributed by atoms with E-state index in [4.69, 9.17) is 13.3 Å². The first kappa shape index (κ1) is 23.0. The number of allylic oxidation sites excluding steroid dienone is 1. The number of hydrogen-bond acceptors (Lipinski definition) is 3. The first-order valence-corrected chi connectivity index (χ1v) is 16.8. The van der Waals surface area contributed by atoms with Crippen LogP contribution in [0.5, 0.6) is 0 Å². The maximum Gasteiger partial charge on any atom is 0.477 e. The summed E-state index contributed by atoms with van der Waals surface area (Å²) in [6.07, 6.45) is 0. The van der Waals surface area contributed by atoms with Crippen molar-refractivity contribution in [2.45, 2.75) is 34.6 Å². The summed E-state index contributed by atoms with van der Waals surface area (Å²) in [5.74, 6) is 0. The van der Waals surface area contributed by atoms with E-state index in [0.29, 0.717) is 28.9 Å². The number of hydrogen-bond donors (Lipinski definition) is 0. The van der Waals surface area contributed by atoms with Gasteiger partial charge in [0, 0.05) is 19.8 Å². The van der Waals surface area contributed by atoms with Crippen molar-refractivity contribution in [2.75, 3.05) is 19.8 Å². The van der Waals surface area contributed by atoms with Crippen LogP contribution in [0, 0.1) is 0 Å². The average molecular weight is 429 g/mol. The Morgan fingerprint density at radius 3 is 1.68 bits per heavy atom. The quantitative estimate of drug-likeness (QED) is 0.513. The van der Waals surface area contributed by atoms with E-state index in [1.165, 1.54) is 15.9 Å². The van der Waals surface area contributed by atoms with Gasteiger partial charge in [0.15, 0.2) is 7.11 Å². The minimum absolute atomic E-state index is 0.566. The zero-order chi connectivity index (χ0) is 20.5. The van der Waals surface area contributed by atoms with Crippen LogP contribution in [0.1, 0.15) is 34.6 Å². The molecular weight excluding hydrogens is 396 g/mol. The zero-order valence-electron chi connectivity index (χ0n) is 17.7. The summed E-state index contributed by atoms with van der Waals surface area (Å²) in [6.45, 7) is 12.2. The van der Waals surface area contributed by atoms with E-state index in [0.717, 1.165) is 0 Å². The highest BCUT2D eigenvalue weighted by atomic mass is 29.6. The van der Waals surface area contributed by atoms with Gasteiger partial charge in [0.1, 0.15) is 0 Å². The highest BCUT2D eigenvalue weighted by Crippen LogP contribution is 2.26. The molecular formula is C22H32O3Si3. The Kier molecular flexibility index (Phi) is 9.07. The highest BCUT2D eigenvalue weighted by Gasteiger charge is 2.62. The molecule has 6 heteroatoms. The van der Waals surface area contributed by atoms with Crippen molar-refractivity contribution < 1.29 is 13.3 Å². The third-order valence-electron chi connectivity index (χ3n) is 4.34. The molecule has 0 aromatic heterocycles. The summed E-state index contributed by atoms with van der Waals surface area (Å²) in [7, 11) is -4.90. The monoisotopic (exact) mass is 428 g/mol. The van der Waals surface area contributed by atoms with E-state index in [1.54, 1.807) is 0 Å². The van der Waals surface area contributed by atoms with Crippen LogP contribution in [-0.4, -0.2) is 44.3 Å². The lowest BCUT2D eigenvalue weighted by atomic mass is 10.4. The van der Waals surface area contributed by atoms with Crippen molar-refractivity contribution in [3.8, 4) is 0 Å². The molecule has 0 aliphatic rings. The molecule has 1 unspecified atom stereocenters. The summed E-state index contributed by atoms with van der Waals surface area (Å²) in [6, 6.07) is 21.5. The molecule has 150 valence electrons. The van der Waals surface area contributed by atoms with Gasteiger partial charge in [-0.3, -0.25) is 0 Å². The van der Waals surface area contributed by atoms with Crippen LogP contribution in [0.15, 0.2) is 71.9 Å². The second-order valence-corrected chi connectivity index (χ2v) is 20.8. The molecule has 0 amide bonds. The largest absolute Gasteiger partial charge is 0.477 e. The fraction of sp³-hybridized carbons (Fsp3) is 0.364. The lowest BCUT2D eigenvalue weighted by molar-refractivity contribution is 0.0919. The molecule has 0 aliphatic heterocycles. The normalized spacial score (nSPS) is 13.8. The third-order valence-corrected chi connectivity index (χ3v) is 23.3. The van der Waals surface area contributed by atoms with Crippen LogP contribution in [0.25, 0.3) is 0 Å². The van der Waals surface area contributed by atoms with E-state index in [9.17, 15) is 0 Å². The first-order valence-electron chi connectivity index (χ1n) is 10.00. The van der Waals surface area contributed by atoms with Gasteiger partial charge in [-0.1, -0.05) is 82.3 Å². The first-order chi connectivity index (χ1) is 13.5. The van der Waals surface area contributed by atoms with E-state index < -0.39 is 15.4 Å². The van der Waals surface area contributed by atoms with Gasteiger partial charge in [-0.25, -0.2) is 0 Å². The van der Waals surface area contributed by atoms with Crippen LogP contribution in [0.4, 0.5) is 0 Å². The van der Waals surface area contributed by atoms with Crippen LogP contribution >= 0.6 is 0 Å². The third kappa shape index (κ3) is 5.20. The summed E-state index contributed by atoms with van der Waals surface area (Å²) in [5.41, 5.74) is 3.75. The van der Waals surface area contributed by atoms with Crippen molar-refractivity contribution in [1.29, 1.82) is 0 Å². The Labute approximate surface area is 174 Å². The predicted molar refractivity (Wildman–Crippen MR) is 124 cm³/mol. The molecule has 28 heavy (non-hydrogen) atoms. The molecule has 0 N–H and O–H groups in total. The molecule has 0 bridgehead atoms. The molecule has 1 atom stereocenters. The Bertz CT molecular complexity index is 716. The summed E-state index contributed by atoms with van der Waals surface area (Å²) in [4.78, 5) is 0. The van der Waals surface area contributed by atoms with E-state index in [1.807, 2.05) is 20.8 Å². The summed E-state index contributed by atoms with van der Waals surface area (Å²) >= 11 is 0. The lowest BCUT2D eigenvalue weighted by Gasteiger charge is -2.43. The van der Waals surface area contributed by atoms with Crippen LogP contribution in [-0.2, 0) is 13.3 Å². The molecule has 2 aromatic carbocycles. The van der Waals surface area contributed by atoms with Gasteiger partial charge in [-0.05, 0) is 34.6 Å². The van der Waals surface area contributed by atoms with Gasteiger partial charge in [-0.15, -0.1) is 0 Å². The van der Waals surface area contributed by atoms with Gasteiger partial charge in [0.05, 0.1) is 9.04 Å². The minimum atomic E-state index is -2.99. The zero-order valence-corrected chi connectivity index (χ0v) is 20.7. The van der Waals surface area contributed by atoms with Crippen LogP contribution in [0.2, 0.25) is 0 Å². The maximum absolute atomic E-state index is 6.52. The van der Waals surface area contributed by atoms with Crippen molar-refractivity contribution >= 4 is 34.8 Å². The molecule has 0 spiro atoms. The fourth-order valence-corrected chi connectivity index (χ4v) is 24.3. The second-order valence-electron chi connectivity index (χ2n) is 6.74. The van der Waals surface area contributed by atoms with Gasteiger partial charge in [0.25, 0.3) is 0 Å². The topological polar surface area (TPSA) is 27.7 Å². The molecule has 2 rings (SSSR count). The van der Waals surface area contributed by atoms with E-state index in [-0.39, 0.29) is 0 Å². The summed E-state index contributed by atoms with van der Waals surface area (Å²) < 4.78 is 19.6. The van der Waals surface area contributed by atoms with Crippen molar-refractivity contribution in [3.63, 3.8) is 0 Å². The Hall–Kier alpha value is -1.29. The molecule has 0 saturated carbocycles. The van der Waals surface area contributed by atoms with Gasteiger partial charge in [-0.2, -0.15) is 0 Å².